The van der Waals surface area contributed by atoms with Gasteiger partial charge in [-0.05, 0) is 30.2 Å². The van der Waals surface area contributed by atoms with E-state index in [1.807, 2.05) is 11.0 Å². The molecule has 1 aromatic rings. The van der Waals surface area contributed by atoms with E-state index < -0.39 is 10.0 Å². The molecule has 0 radical (unpaired) electrons. The molecule has 1 N–H and O–H groups in total. The number of nitrogens with zero attached hydrogens (tertiary/aromatic N) is 2. The lowest BCUT2D eigenvalue weighted by atomic mass is 10.1. The van der Waals surface area contributed by atoms with Crippen molar-refractivity contribution in [1.29, 1.82) is 0 Å². The number of hydrogen-bond donors (Lipinski definition) is 1. The topological polar surface area (TPSA) is 69.7 Å². The van der Waals surface area contributed by atoms with Crippen molar-refractivity contribution in [1.82, 2.24) is 10.2 Å². The van der Waals surface area contributed by atoms with Gasteiger partial charge in [-0.15, -0.1) is 12.4 Å². The fourth-order valence-electron chi connectivity index (χ4n) is 2.90. The van der Waals surface area contributed by atoms with E-state index >= 15 is 0 Å². The minimum Gasteiger partial charge on any atom is -0.336 e. The quantitative estimate of drug-likeness (QED) is 0.846. The van der Waals surface area contributed by atoms with Gasteiger partial charge in [0.15, 0.2) is 0 Å². The van der Waals surface area contributed by atoms with E-state index in [0.717, 1.165) is 18.7 Å². The monoisotopic (exact) mass is 345 g/mol. The minimum absolute atomic E-state index is 0. The summed E-state index contributed by atoms with van der Waals surface area (Å²) >= 11 is 0. The predicted octanol–water partition coefficient (Wildman–Crippen LogP) is 0.476. The van der Waals surface area contributed by atoms with Crippen LogP contribution in [0.25, 0.3) is 0 Å². The van der Waals surface area contributed by atoms with Crippen molar-refractivity contribution < 1.29 is 13.2 Å². The first-order chi connectivity index (χ1) is 9.97. The van der Waals surface area contributed by atoms with Crippen molar-refractivity contribution in [2.75, 3.05) is 43.3 Å². The first-order valence-electron chi connectivity index (χ1n) is 7.07. The number of nitrogens with one attached hydrogen (secondary N) is 1. The van der Waals surface area contributed by atoms with Gasteiger partial charge in [-0.1, -0.05) is 0 Å². The second-order valence-corrected chi connectivity index (χ2v) is 7.38. The Hall–Kier alpha value is -1.31. The molecule has 122 valence electrons. The van der Waals surface area contributed by atoms with Gasteiger partial charge in [-0.25, -0.2) is 8.42 Å². The van der Waals surface area contributed by atoms with Crippen LogP contribution in [0, 0.1) is 0 Å². The Bertz CT molecular complexity index is 672. The van der Waals surface area contributed by atoms with Gasteiger partial charge in [-0.3, -0.25) is 9.10 Å². The summed E-state index contributed by atoms with van der Waals surface area (Å²) in [4.78, 5) is 14.3. The summed E-state index contributed by atoms with van der Waals surface area (Å²) in [5.74, 6) is 0.0251. The average Bonchev–Trinajstić information content (AvgIpc) is 2.90. The SMILES string of the molecule is CS(=O)(=O)N1CCc2cc(C(=O)N3CCNCC3)ccc21.Cl. The van der Waals surface area contributed by atoms with Gasteiger partial charge < -0.3 is 10.2 Å². The lowest BCUT2D eigenvalue weighted by molar-refractivity contribution is 0.0735. The van der Waals surface area contributed by atoms with E-state index in [-0.39, 0.29) is 18.3 Å². The molecule has 1 amide bonds. The second-order valence-electron chi connectivity index (χ2n) is 5.47. The summed E-state index contributed by atoms with van der Waals surface area (Å²) < 4.78 is 24.8. The Kier molecular flexibility index (Phi) is 4.99. The van der Waals surface area contributed by atoms with Crippen molar-refractivity contribution in [3.05, 3.63) is 29.3 Å². The van der Waals surface area contributed by atoms with Gasteiger partial charge >= 0.3 is 0 Å². The molecule has 1 saturated heterocycles. The molecule has 2 heterocycles. The van der Waals surface area contributed by atoms with Gasteiger partial charge in [0, 0.05) is 38.3 Å². The van der Waals surface area contributed by atoms with Crippen LogP contribution in [0.1, 0.15) is 15.9 Å². The van der Waals surface area contributed by atoms with E-state index in [9.17, 15) is 13.2 Å². The Morgan fingerprint density at radius 2 is 1.86 bits per heavy atom. The second kappa shape index (κ2) is 6.44. The third-order valence-electron chi connectivity index (χ3n) is 3.98. The highest BCUT2D eigenvalue weighted by molar-refractivity contribution is 7.92. The molecule has 22 heavy (non-hydrogen) atoms. The molecule has 1 fully saturated rings. The molecule has 3 rings (SSSR count). The molecule has 0 saturated carbocycles. The zero-order valence-corrected chi connectivity index (χ0v) is 14.0. The largest absolute Gasteiger partial charge is 0.336 e. The Labute approximate surface area is 136 Å². The number of benzene rings is 1. The van der Waals surface area contributed by atoms with Gasteiger partial charge in [0.25, 0.3) is 5.91 Å². The highest BCUT2D eigenvalue weighted by atomic mass is 35.5. The molecular weight excluding hydrogens is 326 g/mol. The summed E-state index contributed by atoms with van der Waals surface area (Å²) in [6, 6.07) is 5.32. The summed E-state index contributed by atoms with van der Waals surface area (Å²) in [6.07, 6.45) is 1.87. The highest BCUT2D eigenvalue weighted by Gasteiger charge is 2.27. The molecule has 2 aliphatic heterocycles. The van der Waals surface area contributed by atoms with Gasteiger partial charge in [-0.2, -0.15) is 0 Å². The third-order valence-corrected chi connectivity index (χ3v) is 5.16. The van der Waals surface area contributed by atoms with Gasteiger partial charge in [0.2, 0.25) is 10.0 Å². The highest BCUT2D eigenvalue weighted by Crippen LogP contribution is 2.31. The summed E-state index contributed by atoms with van der Waals surface area (Å²) in [5.41, 5.74) is 2.28. The number of rotatable bonds is 2. The number of halogens is 1. The molecule has 6 nitrogen and oxygen atoms in total. The van der Waals surface area contributed by atoms with E-state index in [1.54, 1.807) is 12.1 Å². The molecule has 2 aliphatic rings. The number of amides is 1. The summed E-state index contributed by atoms with van der Waals surface area (Å²) in [5, 5.41) is 3.22. The molecule has 0 bridgehead atoms. The van der Waals surface area contributed by atoms with Crippen LogP contribution in [0.3, 0.4) is 0 Å². The Morgan fingerprint density at radius 3 is 2.50 bits per heavy atom. The van der Waals surface area contributed by atoms with Crippen LogP contribution >= 0.6 is 12.4 Å². The van der Waals surface area contributed by atoms with Gasteiger partial charge in [0.1, 0.15) is 0 Å². The van der Waals surface area contributed by atoms with E-state index in [2.05, 4.69) is 5.32 Å². The number of carbonyl (C=O) groups is 1. The predicted molar refractivity (Wildman–Crippen MR) is 88.4 cm³/mol. The van der Waals surface area contributed by atoms with Crippen LogP contribution in [0.5, 0.6) is 0 Å². The fraction of sp³-hybridized carbons (Fsp3) is 0.500. The Morgan fingerprint density at radius 1 is 1.18 bits per heavy atom. The molecular formula is C14H20ClN3O3S. The number of piperazine rings is 1. The minimum atomic E-state index is -3.24. The number of anilines is 1. The standard InChI is InChI=1S/C14H19N3O3S.ClH/c1-21(19,20)17-7-4-11-10-12(2-3-13(11)17)14(18)16-8-5-15-6-9-16;/h2-3,10,15H,4-9H2,1H3;1H. The maximum atomic E-state index is 12.4. The lowest BCUT2D eigenvalue weighted by Crippen LogP contribution is -2.46. The Balaban J connectivity index is 0.00000176. The van der Waals surface area contributed by atoms with Crippen molar-refractivity contribution in [2.45, 2.75) is 6.42 Å². The third kappa shape index (κ3) is 3.21. The van der Waals surface area contributed by atoms with Crippen molar-refractivity contribution in [3.63, 3.8) is 0 Å². The van der Waals surface area contributed by atoms with Gasteiger partial charge in [0.05, 0.1) is 11.9 Å². The smallest absolute Gasteiger partial charge is 0.253 e. The van der Waals surface area contributed by atoms with Crippen LogP contribution in [-0.4, -0.2) is 58.2 Å². The summed E-state index contributed by atoms with van der Waals surface area (Å²) in [7, 11) is -3.24. The maximum Gasteiger partial charge on any atom is 0.253 e. The fourth-order valence-corrected chi connectivity index (χ4v) is 3.86. The molecule has 0 spiro atoms. The normalized spacial score (nSPS) is 17.9. The zero-order valence-electron chi connectivity index (χ0n) is 12.4. The van der Waals surface area contributed by atoms with Crippen molar-refractivity contribution in [2.24, 2.45) is 0 Å². The van der Waals surface area contributed by atoms with Crippen LogP contribution in [-0.2, 0) is 16.4 Å². The van der Waals surface area contributed by atoms with Crippen LogP contribution in [0.15, 0.2) is 18.2 Å². The van der Waals surface area contributed by atoms with Crippen molar-refractivity contribution in [3.8, 4) is 0 Å². The van der Waals surface area contributed by atoms with E-state index in [4.69, 9.17) is 0 Å². The first-order valence-corrected chi connectivity index (χ1v) is 8.92. The first kappa shape index (κ1) is 17.1. The molecule has 1 aromatic carbocycles. The molecule has 8 heteroatoms. The maximum absolute atomic E-state index is 12.4. The number of carbonyl (C=O) groups excluding carboxylic acids is 1. The van der Waals surface area contributed by atoms with Crippen LogP contribution in [0.2, 0.25) is 0 Å². The number of hydrogen-bond acceptors (Lipinski definition) is 4. The van der Waals surface area contributed by atoms with E-state index in [0.29, 0.717) is 37.3 Å². The summed E-state index contributed by atoms with van der Waals surface area (Å²) in [6.45, 7) is 3.52. The molecule has 0 unspecified atom stereocenters. The molecule has 0 aliphatic carbocycles. The lowest BCUT2D eigenvalue weighted by Gasteiger charge is -2.27. The molecule has 0 aromatic heterocycles. The number of fused-ring (bicyclic) bond motifs is 1. The van der Waals surface area contributed by atoms with E-state index in [1.165, 1.54) is 10.6 Å². The van der Waals surface area contributed by atoms with Crippen LogP contribution < -0.4 is 9.62 Å². The van der Waals surface area contributed by atoms with Crippen molar-refractivity contribution >= 4 is 34.0 Å². The molecule has 0 atom stereocenters. The average molecular weight is 346 g/mol. The van der Waals surface area contributed by atoms with Crippen LogP contribution in [0.4, 0.5) is 5.69 Å². The number of sulfonamides is 1. The zero-order chi connectivity index (χ0) is 15.0.